The second kappa shape index (κ2) is 3.17. The molecule has 0 aliphatic carbocycles. The van der Waals surface area contributed by atoms with Crippen molar-refractivity contribution in [2.45, 2.75) is 26.3 Å². The molecular formula is C5H11N5O3S. The van der Waals surface area contributed by atoms with Crippen LogP contribution in [-0.4, -0.2) is 28.6 Å². The normalized spacial score (nSPS) is 12.9. The molecule has 1 heterocycles. The van der Waals surface area contributed by atoms with Gasteiger partial charge in [-0.1, -0.05) is 10.2 Å². The summed E-state index contributed by atoms with van der Waals surface area (Å²) in [7, 11) is -4.09. The molecule has 0 spiro atoms. The summed E-state index contributed by atoms with van der Waals surface area (Å²) in [6.07, 6.45) is 0. The van der Waals surface area contributed by atoms with Gasteiger partial charge in [0, 0.05) is 0 Å². The number of nitrogens with two attached hydrogens (primary N) is 1. The lowest BCUT2D eigenvalue weighted by Gasteiger charge is -2.14. The average molecular weight is 221 g/mol. The highest BCUT2D eigenvalue weighted by Crippen LogP contribution is 2.11. The van der Waals surface area contributed by atoms with E-state index in [4.69, 9.17) is 0 Å². The Hall–Kier alpha value is -1.22. The molecule has 0 fully saturated rings. The van der Waals surface area contributed by atoms with E-state index in [-0.39, 0.29) is 6.01 Å². The van der Waals surface area contributed by atoms with Crippen molar-refractivity contribution in [1.82, 2.24) is 20.2 Å². The first kappa shape index (κ1) is 10.9. The van der Waals surface area contributed by atoms with Crippen LogP contribution < -0.4 is 9.32 Å². The van der Waals surface area contributed by atoms with Crippen LogP contribution in [0.2, 0.25) is 0 Å². The highest BCUT2D eigenvalue weighted by Gasteiger charge is 2.19. The topological polar surface area (TPSA) is 113 Å². The molecule has 1 rings (SSSR count). The number of hydrogen-bond acceptors (Lipinski definition) is 6. The number of hydrogen-bond donors (Lipinski definition) is 1. The van der Waals surface area contributed by atoms with Crippen LogP contribution in [0.25, 0.3) is 0 Å². The standard InChI is InChI=1S/C5H11N5O3S/c1-5(2,3)10-8-4(7-9-10)13-14(6,11)12/h1-3H3,(H2,6,11,12). The van der Waals surface area contributed by atoms with E-state index in [1.807, 2.05) is 20.8 Å². The molecule has 0 saturated carbocycles. The Kier molecular flexibility index (Phi) is 2.46. The third-order valence-corrected chi connectivity index (χ3v) is 1.57. The van der Waals surface area contributed by atoms with Crippen LogP contribution in [0.5, 0.6) is 6.01 Å². The molecule has 0 atom stereocenters. The van der Waals surface area contributed by atoms with Crippen LogP contribution in [0.4, 0.5) is 0 Å². The third-order valence-electron chi connectivity index (χ3n) is 1.19. The Bertz CT molecular complexity index is 417. The fraction of sp³-hybridized carbons (Fsp3) is 0.800. The minimum Gasteiger partial charge on any atom is -0.328 e. The van der Waals surface area contributed by atoms with Crippen molar-refractivity contribution in [1.29, 1.82) is 0 Å². The third kappa shape index (κ3) is 2.92. The molecule has 0 aliphatic heterocycles. The Morgan fingerprint density at radius 2 is 2.00 bits per heavy atom. The highest BCUT2D eigenvalue weighted by molar-refractivity contribution is 7.84. The van der Waals surface area contributed by atoms with Crippen molar-refractivity contribution < 1.29 is 12.6 Å². The number of rotatable bonds is 2. The highest BCUT2D eigenvalue weighted by atomic mass is 32.2. The summed E-state index contributed by atoms with van der Waals surface area (Å²) in [6.45, 7) is 5.49. The summed E-state index contributed by atoms with van der Waals surface area (Å²) >= 11 is 0. The van der Waals surface area contributed by atoms with E-state index in [0.29, 0.717) is 0 Å². The van der Waals surface area contributed by atoms with Crippen LogP contribution >= 0.6 is 0 Å². The summed E-state index contributed by atoms with van der Waals surface area (Å²) in [5.74, 6) is 0. The van der Waals surface area contributed by atoms with Gasteiger partial charge in [-0.15, -0.1) is 0 Å². The largest absolute Gasteiger partial charge is 0.382 e. The smallest absolute Gasteiger partial charge is 0.328 e. The maximum absolute atomic E-state index is 10.5. The molecule has 0 amide bonds. The lowest BCUT2D eigenvalue weighted by Crippen LogP contribution is -2.25. The van der Waals surface area contributed by atoms with E-state index in [2.05, 4.69) is 24.7 Å². The molecule has 0 aromatic carbocycles. The summed E-state index contributed by atoms with van der Waals surface area (Å²) in [5.41, 5.74) is -0.396. The fourth-order valence-electron chi connectivity index (χ4n) is 0.623. The molecule has 0 bridgehead atoms. The maximum Gasteiger partial charge on any atom is 0.382 e. The van der Waals surface area contributed by atoms with Gasteiger partial charge >= 0.3 is 16.3 Å². The van der Waals surface area contributed by atoms with Gasteiger partial charge in [0.15, 0.2) is 0 Å². The van der Waals surface area contributed by atoms with E-state index < -0.39 is 15.8 Å². The minimum absolute atomic E-state index is 0.387. The molecule has 0 saturated heterocycles. The summed E-state index contributed by atoms with van der Waals surface area (Å²) < 4.78 is 25.2. The Morgan fingerprint density at radius 3 is 2.36 bits per heavy atom. The number of aromatic nitrogens is 4. The second-order valence-corrected chi connectivity index (χ2v) is 4.76. The van der Waals surface area contributed by atoms with E-state index in [9.17, 15) is 8.42 Å². The monoisotopic (exact) mass is 221 g/mol. The predicted octanol–water partition coefficient (Wildman–Crippen LogP) is -0.990. The molecule has 2 N–H and O–H groups in total. The second-order valence-electron chi connectivity index (χ2n) is 3.61. The number of tetrazole rings is 1. The van der Waals surface area contributed by atoms with Gasteiger partial charge in [0.2, 0.25) is 0 Å². The van der Waals surface area contributed by atoms with Crippen molar-refractivity contribution in [2.24, 2.45) is 5.14 Å². The predicted molar refractivity (Wildman–Crippen MR) is 46.5 cm³/mol. The number of nitrogens with zero attached hydrogens (tertiary/aromatic N) is 4. The molecule has 14 heavy (non-hydrogen) atoms. The van der Waals surface area contributed by atoms with Gasteiger partial charge in [0.05, 0.1) is 5.54 Å². The van der Waals surface area contributed by atoms with Gasteiger partial charge in [-0.2, -0.15) is 18.4 Å². The molecule has 0 radical (unpaired) electrons. The first-order valence-corrected chi connectivity index (χ1v) is 5.18. The molecule has 1 aromatic rings. The maximum atomic E-state index is 10.5. The van der Waals surface area contributed by atoms with Crippen molar-refractivity contribution in [3.8, 4) is 6.01 Å². The molecule has 1 aromatic heterocycles. The molecule has 9 heteroatoms. The zero-order valence-electron chi connectivity index (χ0n) is 8.00. The van der Waals surface area contributed by atoms with Crippen LogP contribution in [0.3, 0.4) is 0 Å². The molecular weight excluding hydrogens is 210 g/mol. The molecule has 0 unspecified atom stereocenters. The Morgan fingerprint density at radius 1 is 1.43 bits per heavy atom. The van der Waals surface area contributed by atoms with Crippen LogP contribution in [-0.2, 0) is 15.8 Å². The molecule has 80 valence electrons. The van der Waals surface area contributed by atoms with Crippen LogP contribution in [0.1, 0.15) is 20.8 Å². The quantitative estimate of drug-likeness (QED) is 0.686. The van der Waals surface area contributed by atoms with Gasteiger partial charge in [-0.3, -0.25) is 0 Å². The van der Waals surface area contributed by atoms with Crippen molar-refractivity contribution in [3.63, 3.8) is 0 Å². The molecule has 0 aliphatic rings. The van der Waals surface area contributed by atoms with Gasteiger partial charge < -0.3 is 4.18 Å². The first-order chi connectivity index (χ1) is 6.18. The van der Waals surface area contributed by atoms with Crippen LogP contribution in [0, 0.1) is 0 Å². The first-order valence-electron chi connectivity index (χ1n) is 3.71. The van der Waals surface area contributed by atoms with E-state index in [0.717, 1.165) is 0 Å². The van der Waals surface area contributed by atoms with E-state index in [1.54, 1.807) is 0 Å². The van der Waals surface area contributed by atoms with Crippen molar-refractivity contribution in [3.05, 3.63) is 0 Å². The van der Waals surface area contributed by atoms with E-state index in [1.165, 1.54) is 4.80 Å². The average Bonchev–Trinajstić information content (AvgIpc) is 2.29. The summed E-state index contributed by atoms with van der Waals surface area (Å²) in [4.78, 5) is 1.23. The van der Waals surface area contributed by atoms with Gasteiger partial charge in [0.1, 0.15) is 0 Å². The van der Waals surface area contributed by atoms with E-state index >= 15 is 0 Å². The summed E-state index contributed by atoms with van der Waals surface area (Å²) in [5, 5.41) is 15.3. The Balaban J connectivity index is 2.90. The molecule has 8 nitrogen and oxygen atoms in total. The lowest BCUT2D eigenvalue weighted by atomic mass is 10.1. The van der Waals surface area contributed by atoms with Gasteiger partial charge in [0.25, 0.3) is 0 Å². The zero-order valence-corrected chi connectivity index (χ0v) is 8.82. The SMILES string of the molecule is CC(C)(C)n1nnc(OS(N)(=O)=O)n1. The Labute approximate surface area is 81.3 Å². The fourth-order valence-corrected chi connectivity index (χ4v) is 0.897. The van der Waals surface area contributed by atoms with Crippen molar-refractivity contribution >= 4 is 10.3 Å². The lowest BCUT2D eigenvalue weighted by molar-refractivity contribution is 0.303. The van der Waals surface area contributed by atoms with Crippen molar-refractivity contribution in [2.75, 3.05) is 0 Å². The summed E-state index contributed by atoms with van der Waals surface area (Å²) in [6, 6.07) is -0.387. The van der Waals surface area contributed by atoms with Crippen LogP contribution in [0.15, 0.2) is 0 Å². The van der Waals surface area contributed by atoms with Gasteiger partial charge in [-0.25, -0.2) is 0 Å². The van der Waals surface area contributed by atoms with Gasteiger partial charge in [-0.05, 0) is 26.0 Å². The minimum atomic E-state index is -4.09. The zero-order chi connectivity index (χ0) is 11.0.